The summed E-state index contributed by atoms with van der Waals surface area (Å²) in [4.78, 5) is 20.4. The molecule has 4 rings (SSSR count). The first-order valence-corrected chi connectivity index (χ1v) is 9.67. The molecule has 3 nitrogen and oxygen atoms in total. The zero-order valence-corrected chi connectivity index (χ0v) is 14.9. The number of thiophene rings is 1. The fourth-order valence-corrected chi connectivity index (χ4v) is 4.94. The first kappa shape index (κ1) is 15.6. The van der Waals surface area contributed by atoms with Crippen molar-refractivity contribution in [1.82, 2.24) is 9.55 Å². The minimum atomic E-state index is 0.173. The minimum Gasteiger partial charge on any atom is -0.296 e. The van der Waals surface area contributed by atoms with Crippen molar-refractivity contribution in [3.8, 4) is 0 Å². The molecule has 0 aliphatic heterocycles. The van der Waals surface area contributed by atoms with Crippen LogP contribution in [0.25, 0.3) is 10.2 Å². The van der Waals surface area contributed by atoms with Gasteiger partial charge in [0.05, 0.1) is 5.39 Å². The van der Waals surface area contributed by atoms with E-state index in [1.807, 2.05) is 10.6 Å². The summed E-state index contributed by atoms with van der Waals surface area (Å²) < 4.78 is 1.91. The number of hydrogen-bond acceptors (Lipinski definition) is 3. The molecule has 0 bridgehead atoms. The molecule has 0 saturated carbocycles. The standard InChI is InChI=1S/C20H22N2OS/c1-2-17-21-19-18(15-10-6-7-11-16(15)24-19)20(23)22(17)13-12-14-8-4-3-5-9-14/h3-5,8-9H,2,6-7,10-13H2,1H3. The Bertz CT molecular complexity index is 924. The van der Waals surface area contributed by atoms with Crippen molar-refractivity contribution in [2.24, 2.45) is 0 Å². The maximum atomic E-state index is 13.2. The molecular formula is C20H22N2OS. The Labute approximate surface area is 146 Å². The second-order valence-electron chi connectivity index (χ2n) is 6.47. The number of benzene rings is 1. The van der Waals surface area contributed by atoms with Crippen molar-refractivity contribution in [2.75, 3.05) is 0 Å². The van der Waals surface area contributed by atoms with Gasteiger partial charge in [0.1, 0.15) is 10.7 Å². The predicted molar refractivity (Wildman–Crippen MR) is 100 cm³/mol. The van der Waals surface area contributed by atoms with E-state index >= 15 is 0 Å². The molecule has 0 N–H and O–H groups in total. The molecule has 0 fully saturated rings. The summed E-state index contributed by atoms with van der Waals surface area (Å²) in [5.74, 6) is 0.919. The molecule has 4 heteroatoms. The van der Waals surface area contributed by atoms with Crippen molar-refractivity contribution in [1.29, 1.82) is 0 Å². The topological polar surface area (TPSA) is 34.9 Å². The number of aromatic nitrogens is 2. The van der Waals surface area contributed by atoms with Gasteiger partial charge < -0.3 is 0 Å². The monoisotopic (exact) mass is 338 g/mol. The van der Waals surface area contributed by atoms with E-state index in [9.17, 15) is 4.79 Å². The van der Waals surface area contributed by atoms with Gasteiger partial charge in [-0.2, -0.15) is 0 Å². The largest absolute Gasteiger partial charge is 0.296 e. The molecule has 2 aromatic heterocycles. The molecule has 0 radical (unpaired) electrons. The summed E-state index contributed by atoms with van der Waals surface area (Å²) >= 11 is 1.74. The summed E-state index contributed by atoms with van der Waals surface area (Å²) in [6.45, 7) is 2.79. The molecule has 1 aliphatic carbocycles. The summed E-state index contributed by atoms with van der Waals surface area (Å²) in [5, 5.41) is 0.903. The van der Waals surface area contributed by atoms with Gasteiger partial charge in [0.25, 0.3) is 5.56 Å². The van der Waals surface area contributed by atoms with Crippen LogP contribution >= 0.6 is 11.3 Å². The number of aryl methyl sites for hydroxylation is 4. The summed E-state index contributed by atoms with van der Waals surface area (Å²) in [6, 6.07) is 10.4. The molecule has 124 valence electrons. The molecule has 24 heavy (non-hydrogen) atoms. The van der Waals surface area contributed by atoms with Crippen LogP contribution in [0, 0.1) is 0 Å². The van der Waals surface area contributed by atoms with Crippen molar-refractivity contribution in [3.63, 3.8) is 0 Å². The van der Waals surface area contributed by atoms with Crippen LogP contribution in [0.3, 0.4) is 0 Å². The van der Waals surface area contributed by atoms with Crippen LogP contribution < -0.4 is 5.56 Å². The van der Waals surface area contributed by atoms with Gasteiger partial charge in [-0.1, -0.05) is 37.3 Å². The van der Waals surface area contributed by atoms with Crippen LogP contribution in [0.15, 0.2) is 35.1 Å². The third-order valence-electron chi connectivity index (χ3n) is 4.94. The van der Waals surface area contributed by atoms with Gasteiger partial charge >= 0.3 is 0 Å². The zero-order chi connectivity index (χ0) is 16.5. The van der Waals surface area contributed by atoms with Gasteiger partial charge in [-0.3, -0.25) is 9.36 Å². The molecule has 0 unspecified atom stereocenters. The van der Waals surface area contributed by atoms with Crippen molar-refractivity contribution in [3.05, 3.63) is 62.5 Å². The maximum Gasteiger partial charge on any atom is 0.262 e. The van der Waals surface area contributed by atoms with E-state index in [1.165, 1.54) is 28.8 Å². The van der Waals surface area contributed by atoms with Gasteiger partial charge in [0.2, 0.25) is 0 Å². The fourth-order valence-electron chi connectivity index (χ4n) is 3.67. The molecule has 1 aromatic carbocycles. The first-order chi connectivity index (χ1) is 11.8. The third-order valence-corrected chi connectivity index (χ3v) is 6.12. The molecule has 0 spiro atoms. The summed E-state index contributed by atoms with van der Waals surface area (Å²) in [6.07, 6.45) is 6.24. The lowest BCUT2D eigenvalue weighted by Crippen LogP contribution is -2.26. The molecule has 2 heterocycles. The molecule has 1 aliphatic rings. The lowest BCUT2D eigenvalue weighted by Gasteiger charge is -2.13. The second kappa shape index (κ2) is 6.52. The maximum absolute atomic E-state index is 13.2. The third kappa shape index (κ3) is 2.69. The van der Waals surface area contributed by atoms with Crippen molar-refractivity contribution < 1.29 is 0 Å². The highest BCUT2D eigenvalue weighted by Crippen LogP contribution is 2.33. The first-order valence-electron chi connectivity index (χ1n) is 8.86. The van der Waals surface area contributed by atoms with E-state index in [4.69, 9.17) is 4.98 Å². The Hall–Kier alpha value is -1.94. The van der Waals surface area contributed by atoms with Crippen LogP contribution in [0.2, 0.25) is 0 Å². The Morgan fingerprint density at radius 1 is 1.17 bits per heavy atom. The van der Waals surface area contributed by atoms with Crippen molar-refractivity contribution in [2.45, 2.75) is 52.0 Å². The fraction of sp³-hybridized carbons (Fsp3) is 0.400. The van der Waals surface area contributed by atoms with E-state index in [0.29, 0.717) is 6.54 Å². The van der Waals surface area contributed by atoms with E-state index in [1.54, 1.807) is 11.3 Å². The summed E-state index contributed by atoms with van der Waals surface area (Å²) in [5.41, 5.74) is 2.72. The van der Waals surface area contributed by atoms with E-state index in [2.05, 4.69) is 31.2 Å². The van der Waals surface area contributed by atoms with Gasteiger partial charge in [0, 0.05) is 17.8 Å². The average molecular weight is 338 g/mol. The number of fused-ring (bicyclic) bond motifs is 3. The molecule has 0 atom stereocenters. The normalized spacial score (nSPS) is 14.0. The van der Waals surface area contributed by atoms with Gasteiger partial charge in [-0.15, -0.1) is 11.3 Å². The highest BCUT2D eigenvalue weighted by atomic mass is 32.1. The number of rotatable bonds is 4. The molecule has 0 amide bonds. The van der Waals surface area contributed by atoms with Crippen LogP contribution in [-0.2, 0) is 32.2 Å². The molecule has 0 saturated heterocycles. The number of nitrogens with zero attached hydrogens (tertiary/aromatic N) is 2. The molecular weight excluding hydrogens is 316 g/mol. The Balaban J connectivity index is 1.78. The zero-order valence-electron chi connectivity index (χ0n) is 14.0. The van der Waals surface area contributed by atoms with E-state index < -0.39 is 0 Å². The Kier molecular flexibility index (Phi) is 4.23. The van der Waals surface area contributed by atoms with Crippen LogP contribution in [0.5, 0.6) is 0 Å². The predicted octanol–water partition coefficient (Wildman–Crippen LogP) is 4.14. The van der Waals surface area contributed by atoms with Gasteiger partial charge in [-0.25, -0.2) is 4.98 Å². The van der Waals surface area contributed by atoms with Crippen molar-refractivity contribution >= 4 is 21.6 Å². The smallest absolute Gasteiger partial charge is 0.262 e. The van der Waals surface area contributed by atoms with E-state index in [-0.39, 0.29) is 5.56 Å². The van der Waals surface area contributed by atoms with E-state index in [0.717, 1.165) is 41.7 Å². The Morgan fingerprint density at radius 2 is 1.96 bits per heavy atom. The summed E-state index contributed by atoms with van der Waals surface area (Å²) in [7, 11) is 0. The highest BCUT2D eigenvalue weighted by molar-refractivity contribution is 7.18. The Morgan fingerprint density at radius 3 is 2.75 bits per heavy atom. The van der Waals surface area contributed by atoms with Gasteiger partial charge in [-0.05, 0) is 43.2 Å². The minimum absolute atomic E-state index is 0.173. The molecule has 3 aromatic rings. The number of hydrogen-bond donors (Lipinski definition) is 0. The lowest BCUT2D eigenvalue weighted by molar-refractivity contribution is 0.621. The van der Waals surface area contributed by atoms with Crippen LogP contribution in [0.4, 0.5) is 0 Å². The average Bonchev–Trinajstić information content (AvgIpc) is 3.00. The highest BCUT2D eigenvalue weighted by Gasteiger charge is 2.21. The quantitative estimate of drug-likeness (QED) is 0.716. The SMILES string of the molecule is CCc1nc2sc3c(c2c(=O)n1CCc1ccccc1)CCCC3. The lowest BCUT2D eigenvalue weighted by atomic mass is 9.97. The van der Waals surface area contributed by atoms with Crippen LogP contribution in [-0.4, -0.2) is 9.55 Å². The van der Waals surface area contributed by atoms with Gasteiger partial charge in [0.15, 0.2) is 0 Å². The van der Waals surface area contributed by atoms with Crippen LogP contribution in [0.1, 0.15) is 41.6 Å². The second-order valence-corrected chi connectivity index (χ2v) is 7.55.